The fourth-order valence-corrected chi connectivity index (χ4v) is 2.82. The van der Waals surface area contributed by atoms with Crippen LogP contribution in [0.2, 0.25) is 0 Å². The molecular formula is C19H39NO3. The molecule has 0 fully saturated rings. The van der Waals surface area contributed by atoms with Crippen molar-refractivity contribution in [3.05, 3.63) is 0 Å². The Hall–Kier alpha value is -0.610. The summed E-state index contributed by atoms with van der Waals surface area (Å²) in [4.78, 5) is 10.9. The summed E-state index contributed by atoms with van der Waals surface area (Å²) in [7, 11) is 1.44. The van der Waals surface area contributed by atoms with Crippen molar-refractivity contribution >= 4 is 5.97 Å². The smallest absolute Gasteiger partial charge is 0.305 e. The first kappa shape index (κ1) is 22.4. The maximum Gasteiger partial charge on any atom is 0.305 e. The number of ether oxygens (including phenoxy) is 1. The van der Waals surface area contributed by atoms with Crippen LogP contribution >= 0.6 is 0 Å². The number of esters is 1. The van der Waals surface area contributed by atoms with Gasteiger partial charge in [-0.15, -0.1) is 0 Å². The summed E-state index contributed by atoms with van der Waals surface area (Å²) in [5, 5.41) is 9.97. The Balaban J connectivity index is 3.30. The summed E-state index contributed by atoms with van der Waals surface area (Å²) in [5.41, 5.74) is 6.04. The van der Waals surface area contributed by atoms with Crippen molar-refractivity contribution in [2.45, 2.75) is 109 Å². The molecule has 0 aliphatic carbocycles. The largest absolute Gasteiger partial charge is 0.469 e. The highest BCUT2D eigenvalue weighted by Gasteiger charge is 2.13. The molecule has 138 valence electrons. The topological polar surface area (TPSA) is 72.5 Å². The number of methoxy groups -OCH3 is 1. The second kappa shape index (κ2) is 16.3. The van der Waals surface area contributed by atoms with E-state index in [4.69, 9.17) is 5.73 Å². The van der Waals surface area contributed by atoms with Crippen LogP contribution in [0.25, 0.3) is 0 Å². The minimum Gasteiger partial charge on any atom is -0.469 e. The Kier molecular flexibility index (Phi) is 15.8. The lowest BCUT2D eigenvalue weighted by Gasteiger charge is -2.18. The Bertz CT molecular complexity index is 271. The zero-order valence-electron chi connectivity index (χ0n) is 15.4. The molecular weight excluding hydrogens is 290 g/mol. The third-order valence-corrected chi connectivity index (χ3v) is 4.49. The van der Waals surface area contributed by atoms with Crippen molar-refractivity contribution in [1.29, 1.82) is 0 Å². The Labute approximate surface area is 143 Å². The molecule has 0 aromatic heterocycles. The van der Waals surface area contributed by atoms with Gasteiger partial charge in [0.05, 0.1) is 13.2 Å². The van der Waals surface area contributed by atoms with Crippen LogP contribution in [0.5, 0.6) is 0 Å². The van der Waals surface area contributed by atoms with E-state index in [0.717, 1.165) is 38.5 Å². The zero-order chi connectivity index (χ0) is 17.3. The lowest BCUT2D eigenvalue weighted by atomic mass is 9.98. The lowest BCUT2D eigenvalue weighted by molar-refractivity contribution is -0.140. The molecule has 0 aliphatic heterocycles. The summed E-state index contributed by atoms with van der Waals surface area (Å²) in [6.45, 7) is 2.17. The van der Waals surface area contributed by atoms with E-state index < -0.39 is 0 Å². The molecule has 0 spiro atoms. The van der Waals surface area contributed by atoms with Gasteiger partial charge >= 0.3 is 5.97 Å². The Morgan fingerprint density at radius 3 is 2.00 bits per heavy atom. The molecule has 0 aliphatic rings. The number of hydrogen-bond acceptors (Lipinski definition) is 4. The molecule has 0 bridgehead atoms. The van der Waals surface area contributed by atoms with Gasteiger partial charge in [-0.05, 0) is 19.3 Å². The lowest BCUT2D eigenvalue weighted by Crippen LogP contribution is -2.34. The molecule has 0 saturated carbocycles. The summed E-state index contributed by atoms with van der Waals surface area (Å²) in [6.07, 6.45) is 14.8. The predicted molar refractivity (Wildman–Crippen MR) is 96.3 cm³/mol. The third-order valence-electron chi connectivity index (χ3n) is 4.49. The molecule has 0 unspecified atom stereocenters. The molecule has 2 atom stereocenters. The number of carbonyl (C=O) groups is 1. The van der Waals surface area contributed by atoms with Gasteiger partial charge in [-0.2, -0.15) is 0 Å². The van der Waals surface area contributed by atoms with E-state index >= 15 is 0 Å². The van der Waals surface area contributed by atoms with Crippen LogP contribution in [0.15, 0.2) is 0 Å². The molecule has 0 aromatic rings. The molecule has 4 heteroatoms. The highest BCUT2D eigenvalue weighted by atomic mass is 16.5. The minimum absolute atomic E-state index is 0.0508. The summed E-state index contributed by atoms with van der Waals surface area (Å²) < 4.78 is 4.62. The van der Waals surface area contributed by atoms with Crippen LogP contribution in [0.1, 0.15) is 96.8 Å². The summed E-state index contributed by atoms with van der Waals surface area (Å²) in [6, 6.07) is -0.0508. The molecule has 0 amide bonds. The van der Waals surface area contributed by atoms with E-state index in [1.807, 2.05) is 0 Å². The minimum atomic E-state index is -0.323. The molecule has 3 N–H and O–H groups in total. The van der Waals surface area contributed by atoms with E-state index in [2.05, 4.69) is 11.7 Å². The van der Waals surface area contributed by atoms with Gasteiger partial charge in [0, 0.05) is 12.5 Å². The predicted octanol–water partition coefficient (Wildman–Crippen LogP) is 4.33. The van der Waals surface area contributed by atoms with Crippen molar-refractivity contribution in [1.82, 2.24) is 0 Å². The van der Waals surface area contributed by atoms with Gasteiger partial charge in [0.1, 0.15) is 0 Å². The van der Waals surface area contributed by atoms with E-state index in [0.29, 0.717) is 6.42 Å². The molecule has 0 aromatic carbocycles. The van der Waals surface area contributed by atoms with Crippen LogP contribution in [-0.4, -0.2) is 30.3 Å². The van der Waals surface area contributed by atoms with Gasteiger partial charge in [-0.3, -0.25) is 4.79 Å². The van der Waals surface area contributed by atoms with Crippen molar-refractivity contribution in [3.8, 4) is 0 Å². The molecule has 0 saturated heterocycles. The number of aliphatic hydroxyl groups excluding tert-OH is 1. The van der Waals surface area contributed by atoms with Crippen LogP contribution in [0.4, 0.5) is 0 Å². The number of carbonyl (C=O) groups excluding carboxylic acids is 1. The first-order valence-electron chi connectivity index (χ1n) is 9.62. The normalized spacial score (nSPS) is 13.7. The zero-order valence-corrected chi connectivity index (χ0v) is 15.4. The second-order valence-corrected chi connectivity index (χ2v) is 6.67. The van der Waals surface area contributed by atoms with Crippen molar-refractivity contribution in [2.75, 3.05) is 7.11 Å². The van der Waals surface area contributed by atoms with Gasteiger partial charge in [0.15, 0.2) is 0 Å². The Morgan fingerprint density at radius 2 is 1.43 bits per heavy atom. The van der Waals surface area contributed by atoms with Gasteiger partial charge < -0.3 is 15.6 Å². The number of nitrogens with two attached hydrogens (primary N) is 1. The fourth-order valence-electron chi connectivity index (χ4n) is 2.82. The molecule has 4 nitrogen and oxygen atoms in total. The van der Waals surface area contributed by atoms with Crippen LogP contribution < -0.4 is 5.73 Å². The maximum atomic E-state index is 10.9. The highest BCUT2D eigenvalue weighted by Crippen LogP contribution is 2.14. The quantitative estimate of drug-likeness (QED) is 0.326. The van der Waals surface area contributed by atoms with Crippen molar-refractivity contribution < 1.29 is 14.6 Å². The molecule has 0 radical (unpaired) electrons. The SMILES string of the molecule is CCCCC[C@@H](O)[C@H](N)CCCCCCCCCCC(=O)OC. The second-order valence-electron chi connectivity index (χ2n) is 6.67. The number of aliphatic hydroxyl groups is 1. The Morgan fingerprint density at radius 1 is 0.913 bits per heavy atom. The molecule has 23 heavy (non-hydrogen) atoms. The average molecular weight is 330 g/mol. The first-order valence-corrected chi connectivity index (χ1v) is 9.62. The summed E-state index contributed by atoms with van der Waals surface area (Å²) in [5.74, 6) is -0.0989. The molecule has 0 rings (SSSR count). The molecule has 0 heterocycles. The highest BCUT2D eigenvalue weighted by molar-refractivity contribution is 5.68. The number of hydrogen-bond donors (Lipinski definition) is 2. The number of unbranched alkanes of at least 4 members (excludes halogenated alkanes) is 9. The maximum absolute atomic E-state index is 10.9. The van der Waals surface area contributed by atoms with Gasteiger partial charge in [0.2, 0.25) is 0 Å². The monoisotopic (exact) mass is 329 g/mol. The average Bonchev–Trinajstić information content (AvgIpc) is 2.56. The van der Waals surface area contributed by atoms with Gasteiger partial charge in [-0.25, -0.2) is 0 Å². The standard InChI is InChI=1S/C19H39NO3/c1-3-4-11-15-18(21)17(20)14-12-9-7-5-6-8-10-13-16-19(22)23-2/h17-18,21H,3-16,20H2,1-2H3/t17-,18-/m1/s1. The van der Waals surface area contributed by atoms with E-state index in [1.54, 1.807) is 0 Å². The third kappa shape index (κ3) is 14.7. The summed E-state index contributed by atoms with van der Waals surface area (Å²) >= 11 is 0. The van der Waals surface area contributed by atoms with Crippen molar-refractivity contribution in [3.63, 3.8) is 0 Å². The van der Waals surface area contributed by atoms with E-state index in [9.17, 15) is 9.90 Å². The van der Waals surface area contributed by atoms with E-state index in [-0.39, 0.29) is 18.1 Å². The fraction of sp³-hybridized carbons (Fsp3) is 0.947. The van der Waals surface area contributed by atoms with Gasteiger partial charge in [-0.1, -0.05) is 71.1 Å². The number of rotatable bonds is 16. The van der Waals surface area contributed by atoms with Crippen LogP contribution in [-0.2, 0) is 9.53 Å². The van der Waals surface area contributed by atoms with Crippen molar-refractivity contribution in [2.24, 2.45) is 5.73 Å². The van der Waals surface area contributed by atoms with Crippen LogP contribution in [0.3, 0.4) is 0 Å². The van der Waals surface area contributed by atoms with E-state index in [1.165, 1.54) is 52.1 Å². The van der Waals surface area contributed by atoms with Gasteiger partial charge in [0.25, 0.3) is 0 Å². The first-order chi connectivity index (χ1) is 11.1. The van der Waals surface area contributed by atoms with Crippen LogP contribution in [0, 0.1) is 0 Å².